The van der Waals surface area contributed by atoms with Crippen LogP contribution < -0.4 is 11.1 Å². The SMILES string of the molecule is CC1(c2c[nH]n3c2nc2cc(F)cc(C(N)=O)c23)CCNC1. The van der Waals surface area contributed by atoms with E-state index in [1.54, 1.807) is 4.52 Å². The molecule has 3 aromatic rings. The Bertz CT molecular complexity index is 904. The van der Waals surface area contributed by atoms with E-state index >= 15 is 0 Å². The van der Waals surface area contributed by atoms with Crippen LogP contribution in [0.4, 0.5) is 4.39 Å². The van der Waals surface area contributed by atoms with Crippen molar-refractivity contribution >= 4 is 22.6 Å². The summed E-state index contributed by atoms with van der Waals surface area (Å²) in [6.45, 7) is 3.99. The van der Waals surface area contributed by atoms with E-state index in [9.17, 15) is 9.18 Å². The van der Waals surface area contributed by atoms with Crippen LogP contribution in [0.5, 0.6) is 0 Å². The minimum atomic E-state index is -0.670. The summed E-state index contributed by atoms with van der Waals surface area (Å²) in [7, 11) is 0. The van der Waals surface area contributed by atoms with Crippen LogP contribution in [0.15, 0.2) is 18.3 Å². The summed E-state index contributed by atoms with van der Waals surface area (Å²) in [4.78, 5) is 16.2. The number of amides is 1. The van der Waals surface area contributed by atoms with Gasteiger partial charge >= 0.3 is 0 Å². The maximum Gasteiger partial charge on any atom is 0.251 e. The maximum atomic E-state index is 13.7. The number of carbonyl (C=O) groups excluding carboxylic acids is 1. The van der Waals surface area contributed by atoms with Gasteiger partial charge in [-0.05, 0) is 19.0 Å². The van der Waals surface area contributed by atoms with Gasteiger partial charge in [-0.3, -0.25) is 9.89 Å². The number of nitrogens with two attached hydrogens (primary N) is 1. The highest BCUT2D eigenvalue weighted by atomic mass is 19.1. The number of primary amides is 1. The molecule has 22 heavy (non-hydrogen) atoms. The first kappa shape index (κ1) is 13.3. The molecule has 7 heteroatoms. The fraction of sp³-hybridized carbons (Fsp3) is 0.333. The van der Waals surface area contributed by atoms with Crippen molar-refractivity contribution in [3.05, 3.63) is 35.3 Å². The van der Waals surface area contributed by atoms with Crippen molar-refractivity contribution in [2.45, 2.75) is 18.8 Å². The number of aromatic amines is 1. The summed E-state index contributed by atoms with van der Waals surface area (Å²) in [6.07, 6.45) is 2.91. The number of hydrogen-bond donors (Lipinski definition) is 3. The van der Waals surface area contributed by atoms with Gasteiger partial charge in [0, 0.05) is 29.8 Å². The lowest BCUT2D eigenvalue weighted by atomic mass is 9.83. The molecular weight excluding hydrogens is 285 g/mol. The Morgan fingerprint density at radius 2 is 2.32 bits per heavy atom. The molecule has 0 saturated carbocycles. The minimum absolute atomic E-state index is 0.0337. The Balaban J connectivity index is 2.05. The lowest BCUT2D eigenvalue weighted by Gasteiger charge is -2.20. The van der Waals surface area contributed by atoms with Crippen molar-refractivity contribution in [1.82, 2.24) is 19.9 Å². The summed E-state index contributed by atoms with van der Waals surface area (Å²) in [5.74, 6) is -1.19. The van der Waals surface area contributed by atoms with Crippen molar-refractivity contribution in [3.63, 3.8) is 0 Å². The highest BCUT2D eigenvalue weighted by molar-refractivity contribution is 6.05. The molecular formula is C15H16FN5O. The molecule has 1 atom stereocenters. The molecule has 1 amide bonds. The van der Waals surface area contributed by atoms with Crippen molar-refractivity contribution in [1.29, 1.82) is 0 Å². The van der Waals surface area contributed by atoms with Gasteiger partial charge in [0.25, 0.3) is 5.91 Å². The number of benzene rings is 1. The first-order valence-electron chi connectivity index (χ1n) is 7.20. The third-order valence-electron chi connectivity index (χ3n) is 4.58. The highest BCUT2D eigenvalue weighted by Crippen LogP contribution is 2.34. The lowest BCUT2D eigenvalue weighted by molar-refractivity contribution is 0.100. The van der Waals surface area contributed by atoms with Gasteiger partial charge in [-0.2, -0.15) is 0 Å². The number of halogens is 1. The second kappa shape index (κ2) is 4.30. The van der Waals surface area contributed by atoms with E-state index < -0.39 is 11.7 Å². The predicted molar refractivity (Wildman–Crippen MR) is 80.4 cm³/mol. The molecule has 1 aliphatic heterocycles. The standard InChI is InChI=1S/C15H16FN5O/c1-15(2-3-18-7-15)10-6-19-21-12-9(13(17)22)4-8(16)5-11(12)20-14(10)21/h4-6,18-19H,2-3,7H2,1H3,(H2,17,22). The molecule has 2 aromatic heterocycles. The topological polar surface area (TPSA) is 88.2 Å². The van der Waals surface area contributed by atoms with Gasteiger partial charge in [-0.1, -0.05) is 6.92 Å². The van der Waals surface area contributed by atoms with Gasteiger partial charge in [-0.15, -0.1) is 0 Å². The van der Waals surface area contributed by atoms with E-state index in [0.29, 0.717) is 16.7 Å². The van der Waals surface area contributed by atoms with Crippen LogP contribution in [-0.2, 0) is 5.41 Å². The Labute approximate surface area is 125 Å². The first-order valence-corrected chi connectivity index (χ1v) is 7.20. The molecule has 4 rings (SSSR count). The van der Waals surface area contributed by atoms with Crippen LogP contribution in [0.2, 0.25) is 0 Å². The van der Waals surface area contributed by atoms with Gasteiger partial charge in [0.1, 0.15) is 11.3 Å². The third-order valence-corrected chi connectivity index (χ3v) is 4.58. The Morgan fingerprint density at radius 1 is 1.50 bits per heavy atom. The van der Waals surface area contributed by atoms with Crippen molar-refractivity contribution in [2.75, 3.05) is 13.1 Å². The lowest BCUT2D eigenvalue weighted by Crippen LogP contribution is -2.24. The van der Waals surface area contributed by atoms with Crippen molar-refractivity contribution in [2.24, 2.45) is 5.73 Å². The average molecular weight is 301 g/mol. The molecule has 4 N–H and O–H groups in total. The molecule has 0 aliphatic carbocycles. The minimum Gasteiger partial charge on any atom is -0.366 e. The fourth-order valence-corrected chi connectivity index (χ4v) is 3.35. The second-order valence-corrected chi connectivity index (χ2v) is 6.13. The van der Waals surface area contributed by atoms with Crippen LogP contribution in [0.25, 0.3) is 16.7 Å². The Hall–Kier alpha value is -2.41. The summed E-state index contributed by atoms with van der Waals surface area (Å²) < 4.78 is 15.4. The fourth-order valence-electron chi connectivity index (χ4n) is 3.35. The van der Waals surface area contributed by atoms with Gasteiger partial charge in [0.05, 0.1) is 11.1 Å². The number of H-pyrrole nitrogens is 1. The molecule has 114 valence electrons. The summed E-state index contributed by atoms with van der Waals surface area (Å²) in [6, 6.07) is 2.47. The summed E-state index contributed by atoms with van der Waals surface area (Å²) in [5, 5.41) is 6.48. The van der Waals surface area contributed by atoms with Gasteiger partial charge in [0.15, 0.2) is 5.65 Å². The molecule has 0 radical (unpaired) electrons. The Kier molecular flexibility index (Phi) is 2.59. The zero-order valence-electron chi connectivity index (χ0n) is 12.1. The normalized spacial score (nSPS) is 21.9. The molecule has 0 spiro atoms. The van der Waals surface area contributed by atoms with Gasteiger partial charge in [0.2, 0.25) is 0 Å². The molecule has 1 aromatic carbocycles. The molecule has 0 bridgehead atoms. The molecule has 3 heterocycles. The van der Waals surface area contributed by atoms with Crippen LogP contribution in [0.3, 0.4) is 0 Å². The number of rotatable bonds is 2. The zero-order chi connectivity index (χ0) is 15.5. The van der Waals surface area contributed by atoms with E-state index in [1.165, 1.54) is 6.07 Å². The van der Waals surface area contributed by atoms with E-state index in [-0.39, 0.29) is 11.0 Å². The van der Waals surface area contributed by atoms with E-state index in [4.69, 9.17) is 5.73 Å². The molecule has 1 unspecified atom stereocenters. The summed E-state index contributed by atoms with van der Waals surface area (Å²) in [5.41, 5.74) is 8.20. The average Bonchev–Trinajstić information content (AvgIpc) is 3.12. The quantitative estimate of drug-likeness (QED) is 0.666. The first-order chi connectivity index (χ1) is 10.5. The Morgan fingerprint density at radius 3 is 3.00 bits per heavy atom. The van der Waals surface area contributed by atoms with E-state index in [2.05, 4.69) is 22.3 Å². The second-order valence-electron chi connectivity index (χ2n) is 6.13. The van der Waals surface area contributed by atoms with E-state index in [0.717, 1.165) is 31.1 Å². The number of carbonyl (C=O) groups is 1. The van der Waals surface area contributed by atoms with Crippen LogP contribution in [0.1, 0.15) is 29.3 Å². The monoisotopic (exact) mass is 301 g/mol. The number of nitrogens with zero attached hydrogens (tertiary/aromatic N) is 2. The number of aromatic nitrogens is 3. The number of imidazole rings is 1. The van der Waals surface area contributed by atoms with Crippen LogP contribution >= 0.6 is 0 Å². The molecule has 1 fully saturated rings. The van der Waals surface area contributed by atoms with Gasteiger partial charge in [-0.25, -0.2) is 13.9 Å². The summed E-state index contributed by atoms with van der Waals surface area (Å²) >= 11 is 0. The van der Waals surface area contributed by atoms with E-state index in [1.807, 2.05) is 6.20 Å². The smallest absolute Gasteiger partial charge is 0.251 e. The third kappa shape index (κ3) is 1.69. The maximum absolute atomic E-state index is 13.7. The number of hydrogen-bond acceptors (Lipinski definition) is 3. The highest BCUT2D eigenvalue weighted by Gasteiger charge is 2.34. The van der Waals surface area contributed by atoms with Crippen LogP contribution in [0, 0.1) is 5.82 Å². The van der Waals surface area contributed by atoms with Crippen molar-refractivity contribution in [3.8, 4) is 0 Å². The van der Waals surface area contributed by atoms with Crippen molar-refractivity contribution < 1.29 is 9.18 Å². The van der Waals surface area contributed by atoms with Gasteiger partial charge < -0.3 is 11.1 Å². The molecule has 6 nitrogen and oxygen atoms in total. The zero-order valence-corrected chi connectivity index (χ0v) is 12.1. The van der Waals surface area contributed by atoms with Crippen LogP contribution in [-0.4, -0.2) is 33.6 Å². The number of nitrogens with one attached hydrogen (secondary N) is 2. The molecule has 1 aliphatic rings. The number of fused-ring (bicyclic) bond motifs is 3. The largest absolute Gasteiger partial charge is 0.366 e. The molecule has 1 saturated heterocycles. The predicted octanol–water partition coefficient (Wildman–Crippen LogP) is 1.30.